The molecule has 10 aromatic rings. The number of hydrogen-bond acceptors (Lipinski definition) is 2. The number of para-hydroxylation sites is 4. The minimum absolute atomic E-state index is 0.765. The fraction of sp³-hybridized carbons (Fsp3) is 0. The van der Waals surface area contributed by atoms with Gasteiger partial charge in [0.2, 0.25) is 0 Å². The zero-order chi connectivity index (χ0) is 35.8. The molecule has 0 bridgehead atoms. The highest BCUT2D eigenvalue weighted by molar-refractivity contribution is 7.76. The molecular weight excluding hydrogens is 682 g/mol. The molecule has 3 heterocycles. The van der Waals surface area contributed by atoms with Crippen LogP contribution in [0.15, 0.2) is 199 Å². The van der Waals surface area contributed by atoms with Crippen molar-refractivity contribution in [2.45, 2.75) is 0 Å². The van der Waals surface area contributed by atoms with E-state index in [9.17, 15) is 0 Å². The molecule has 1 aliphatic rings. The van der Waals surface area contributed by atoms with Crippen LogP contribution in [0.2, 0.25) is 0 Å². The Hall–Kier alpha value is -6.81. The summed E-state index contributed by atoms with van der Waals surface area (Å²) in [6, 6.07) is 66.5. The van der Waals surface area contributed by atoms with Crippen LogP contribution in [0.5, 0.6) is 0 Å². The van der Waals surface area contributed by atoms with Gasteiger partial charge in [0, 0.05) is 38.6 Å². The second kappa shape index (κ2) is 11.9. The van der Waals surface area contributed by atoms with Gasteiger partial charge in [-0.15, -0.1) is 0 Å². The molecule has 0 N–H and O–H groups in total. The number of fused-ring (bicyclic) bond motifs is 7. The third-order valence-corrected chi connectivity index (χ3v) is 13.6. The van der Waals surface area contributed by atoms with Gasteiger partial charge in [-0.3, -0.25) is 13.9 Å². The van der Waals surface area contributed by atoms with Crippen molar-refractivity contribution < 1.29 is 8.98 Å². The van der Waals surface area contributed by atoms with Gasteiger partial charge in [-0.2, -0.15) is 0 Å². The van der Waals surface area contributed by atoms with E-state index in [-0.39, 0.29) is 0 Å². The molecule has 1 unspecified atom stereocenters. The monoisotopic (exact) mass is 713 g/mol. The van der Waals surface area contributed by atoms with Crippen molar-refractivity contribution >= 4 is 79.2 Å². The van der Waals surface area contributed by atoms with Crippen molar-refractivity contribution in [2.24, 2.45) is 0 Å². The standard InChI is InChI=1S/C48H32N3O2P/c52-54(38-18-8-3-9-19-38)50(35-14-4-1-5-15-35)45-27-24-34(31-46(45)51(54)36-16-6-2-7-17-36)33-25-28-47-41(30-33)42-32-37(26-29-48(42)53-47)49-43-22-12-10-20-39(43)40-21-11-13-23-44(40)49/h1-32H. The lowest BCUT2D eigenvalue weighted by molar-refractivity contribution is 0.582. The van der Waals surface area contributed by atoms with Crippen LogP contribution in [0.4, 0.5) is 22.7 Å². The van der Waals surface area contributed by atoms with E-state index in [0.29, 0.717) is 0 Å². The summed E-state index contributed by atoms with van der Waals surface area (Å²) in [4.78, 5) is 0. The maximum absolute atomic E-state index is 16.0. The largest absolute Gasteiger partial charge is 0.456 e. The van der Waals surface area contributed by atoms with E-state index in [4.69, 9.17) is 4.42 Å². The van der Waals surface area contributed by atoms with E-state index in [1.807, 2.05) is 95.7 Å². The van der Waals surface area contributed by atoms with Crippen LogP contribution in [-0.2, 0) is 4.57 Å². The molecule has 0 saturated carbocycles. The lowest BCUT2D eigenvalue weighted by Crippen LogP contribution is -2.26. The molecule has 0 saturated heterocycles. The zero-order valence-electron chi connectivity index (χ0n) is 29.1. The molecule has 0 radical (unpaired) electrons. The van der Waals surface area contributed by atoms with Gasteiger partial charge >= 0.3 is 7.44 Å². The summed E-state index contributed by atoms with van der Waals surface area (Å²) in [5.74, 6) is 0. The van der Waals surface area contributed by atoms with Crippen molar-refractivity contribution in [3.05, 3.63) is 194 Å². The van der Waals surface area contributed by atoms with Crippen LogP contribution < -0.4 is 14.6 Å². The van der Waals surface area contributed by atoms with Crippen LogP contribution in [-0.4, -0.2) is 4.57 Å². The Kier molecular flexibility index (Phi) is 6.76. The molecule has 5 nitrogen and oxygen atoms in total. The van der Waals surface area contributed by atoms with Gasteiger partial charge in [0.05, 0.1) is 27.7 Å². The third-order valence-electron chi connectivity index (χ3n) is 10.7. The van der Waals surface area contributed by atoms with Crippen molar-refractivity contribution in [3.8, 4) is 16.8 Å². The van der Waals surface area contributed by atoms with Gasteiger partial charge in [-0.05, 0) is 102 Å². The molecule has 1 atom stereocenters. The minimum Gasteiger partial charge on any atom is -0.456 e. The zero-order valence-corrected chi connectivity index (χ0v) is 30.0. The molecule has 2 aromatic heterocycles. The first-order valence-corrected chi connectivity index (χ1v) is 19.7. The Labute approximate surface area is 312 Å². The van der Waals surface area contributed by atoms with Gasteiger partial charge in [0.15, 0.2) is 0 Å². The third kappa shape index (κ3) is 4.49. The van der Waals surface area contributed by atoms with Gasteiger partial charge in [-0.25, -0.2) is 0 Å². The predicted molar refractivity (Wildman–Crippen MR) is 224 cm³/mol. The molecule has 11 rings (SSSR count). The maximum atomic E-state index is 16.0. The average molecular weight is 714 g/mol. The summed E-state index contributed by atoms with van der Waals surface area (Å²) in [6.07, 6.45) is 0. The van der Waals surface area contributed by atoms with Crippen molar-refractivity contribution in [1.82, 2.24) is 4.57 Å². The maximum Gasteiger partial charge on any atom is 0.301 e. The quantitative estimate of drug-likeness (QED) is 0.167. The summed E-state index contributed by atoms with van der Waals surface area (Å²) < 4.78 is 28.9. The summed E-state index contributed by atoms with van der Waals surface area (Å²) >= 11 is 0. The lowest BCUT2D eigenvalue weighted by Gasteiger charge is -2.33. The van der Waals surface area contributed by atoms with Gasteiger partial charge < -0.3 is 8.98 Å². The van der Waals surface area contributed by atoms with Crippen molar-refractivity contribution in [1.29, 1.82) is 0 Å². The highest BCUT2D eigenvalue weighted by atomic mass is 31.2. The highest BCUT2D eigenvalue weighted by Gasteiger charge is 2.49. The molecule has 1 aliphatic heterocycles. The second-order valence-electron chi connectivity index (χ2n) is 13.7. The Morgan fingerprint density at radius 2 is 0.889 bits per heavy atom. The van der Waals surface area contributed by atoms with Gasteiger partial charge in [-0.1, -0.05) is 103 Å². The van der Waals surface area contributed by atoms with Crippen LogP contribution in [0.3, 0.4) is 0 Å². The smallest absolute Gasteiger partial charge is 0.301 e. The van der Waals surface area contributed by atoms with Crippen LogP contribution >= 0.6 is 7.44 Å². The number of hydrogen-bond donors (Lipinski definition) is 0. The lowest BCUT2D eigenvalue weighted by atomic mass is 10.0. The molecule has 6 heteroatoms. The van der Waals surface area contributed by atoms with Crippen molar-refractivity contribution in [2.75, 3.05) is 9.34 Å². The number of benzene rings is 8. The number of anilines is 4. The first kappa shape index (κ1) is 30.8. The van der Waals surface area contributed by atoms with Crippen molar-refractivity contribution in [3.63, 3.8) is 0 Å². The van der Waals surface area contributed by atoms with E-state index in [2.05, 4.69) is 112 Å². The summed E-state index contributed by atoms with van der Waals surface area (Å²) in [7, 11) is -3.46. The molecule has 8 aromatic carbocycles. The number of aromatic nitrogens is 1. The van der Waals surface area contributed by atoms with Crippen LogP contribution in [0.25, 0.3) is 60.6 Å². The summed E-state index contributed by atoms with van der Waals surface area (Å²) in [6.45, 7) is 0. The minimum atomic E-state index is -3.46. The Balaban J connectivity index is 1.10. The van der Waals surface area contributed by atoms with E-state index in [0.717, 1.165) is 66.8 Å². The summed E-state index contributed by atoms with van der Waals surface area (Å²) in [5.41, 5.74) is 10.7. The van der Waals surface area contributed by atoms with E-state index < -0.39 is 7.44 Å². The topological polar surface area (TPSA) is 41.6 Å². The average Bonchev–Trinajstić information content (AvgIpc) is 3.86. The molecule has 0 amide bonds. The Bertz CT molecular complexity index is 3050. The van der Waals surface area contributed by atoms with Gasteiger partial charge in [0.1, 0.15) is 11.2 Å². The van der Waals surface area contributed by atoms with E-state index in [1.165, 1.54) is 21.8 Å². The van der Waals surface area contributed by atoms with Gasteiger partial charge in [0.25, 0.3) is 0 Å². The Morgan fingerprint density at radius 1 is 0.389 bits per heavy atom. The SMILES string of the molecule is O=P1(c2ccccc2)N(c2ccccc2)c2ccc(-c3ccc4oc5ccc(-n6c7ccccc7c7ccccc76)cc5c4c3)cc2N1c1ccccc1. The molecule has 0 aliphatic carbocycles. The second-order valence-corrected chi connectivity index (χ2v) is 16.1. The Morgan fingerprint density at radius 3 is 1.54 bits per heavy atom. The number of rotatable bonds is 5. The molecule has 0 spiro atoms. The predicted octanol–water partition coefficient (Wildman–Crippen LogP) is 13.2. The fourth-order valence-corrected chi connectivity index (χ4v) is 11.3. The highest BCUT2D eigenvalue weighted by Crippen LogP contribution is 2.70. The first-order valence-electron chi connectivity index (χ1n) is 18.1. The normalized spacial score (nSPS) is 15.5. The molecule has 54 heavy (non-hydrogen) atoms. The molecule has 0 fully saturated rings. The van der Waals surface area contributed by atoms with E-state index >= 15 is 4.57 Å². The molecular formula is C48H32N3O2P. The molecule has 256 valence electrons. The number of furan rings is 1. The fourth-order valence-electron chi connectivity index (χ4n) is 8.30. The summed E-state index contributed by atoms with van der Waals surface area (Å²) in [5, 5.41) is 5.34. The van der Waals surface area contributed by atoms with Crippen LogP contribution in [0, 0.1) is 0 Å². The first-order chi connectivity index (χ1) is 26.7. The van der Waals surface area contributed by atoms with E-state index in [1.54, 1.807) is 0 Å². The van der Waals surface area contributed by atoms with Crippen LogP contribution in [0.1, 0.15) is 0 Å². The number of nitrogens with zero attached hydrogens (tertiary/aromatic N) is 3.